The van der Waals surface area contributed by atoms with Gasteiger partial charge in [-0.1, -0.05) is 6.07 Å². The highest BCUT2D eigenvalue weighted by atomic mass is 16.5. The van der Waals surface area contributed by atoms with E-state index in [1.165, 1.54) is 0 Å². The molecule has 3 aromatic heterocycles. The van der Waals surface area contributed by atoms with Gasteiger partial charge < -0.3 is 19.9 Å². The molecule has 0 spiro atoms. The standard InChI is InChI=1S/C19H22N6O3/c26-18(21-5-4-14-10-20-13-22-14)9-15-12-28-8-7-24(15)19(27)16-11-23-25-6-2-1-3-17(16)25/h1-3,6,10-11,13,15H,4-5,7-9,12H2,(H,20,22)(H,21,26)/t15-/m0/s1. The Kier molecular flexibility index (Phi) is 5.34. The van der Waals surface area contributed by atoms with Crippen LogP contribution in [-0.4, -0.2) is 68.6 Å². The van der Waals surface area contributed by atoms with Gasteiger partial charge in [0.25, 0.3) is 5.91 Å². The number of fused-ring (bicyclic) bond motifs is 1. The minimum atomic E-state index is -0.299. The topological polar surface area (TPSA) is 105 Å². The Morgan fingerprint density at radius 2 is 2.25 bits per heavy atom. The highest BCUT2D eigenvalue weighted by Crippen LogP contribution is 2.18. The summed E-state index contributed by atoms with van der Waals surface area (Å²) in [4.78, 5) is 34.1. The van der Waals surface area contributed by atoms with Crippen molar-refractivity contribution in [3.8, 4) is 0 Å². The molecule has 0 unspecified atom stereocenters. The highest BCUT2D eigenvalue weighted by molar-refractivity contribution is 6.01. The lowest BCUT2D eigenvalue weighted by molar-refractivity contribution is -0.123. The maximum Gasteiger partial charge on any atom is 0.258 e. The Bertz CT molecular complexity index is 952. The van der Waals surface area contributed by atoms with E-state index < -0.39 is 0 Å². The molecule has 1 aliphatic rings. The van der Waals surface area contributed by atoms with E-state index in [0.717, 1.165) is 11.2 Å². The maximum atomic E-state index is 13.1. The van der Waals surface area contributed by atoms with Gasteiger partial charge in [0, 0.05) is 44.0 Å². The van der Waals surface area contributed by atoms with Gasteiger partial charge in [0.15, 0.2) is 0 Å². The average Bonchev–Trinajstić information content (AvgIpc) is 3.38. The quantitative estimate of drug-likeness (QED) is 0.651. The van der Waals surface area contributed by atoms with E-state index in [1.807, 2.05) is 18.2 Å². The van der Waals surface area contributed by atoms with Crippen molar-refractivity contribution in [1.29, 1.82) is 0 Å². The molecule has 0 bridgehead atoms. The zero-order chi connectivity index (χ0) is 19.3. The predicted molar refractivity (Wildman–Crippen MR) is 101 cm³/mol. The number of nitrogens with one attached hydrogen (secondary N) is 2. The average molecular weight is 382 g/mol. The van der Waals surface area contributed by atoms with Gasteiger partial charge in [0.2, 0.25) is 5.91 Å². The molecular formula is C19H22N6O3. The largest absolute Gasteiger partial charge is 0.377 e. The van der Waals surface area contributed by atoms with Gasteiger partial charge in [-0.3, -0.25) is 9.59 Å². The first kappa shape index (κ1) is 18.2. The van der Waals surface area contributed by atoms with Gasteiger partial charge in [-0.15, -0.1) is 0 Å². The van der Waals surface area contributed by atoms with Crippen LogP contribution in [0.1, 0.15) is 22.5 Å². The summed E-state index contributed by atoms with van der Waals surface area (Å²) in [5.41, 5.74) is 2.25. The number of nitrogens with zero attached hydrogens (tertiary/aromatic N) is 4. The van der Waals surface area contributed by atoms with Crippen molar-refractivity contribution in [3.05, 3.63) is 54.4 Å². The minimum absolute atomic E-state index is 0.104. The third-order valence-corrected chi connectivity index (χ3v) is 4.84. The first-order chi connectivity index (χ1) is 13.7. The van der Waals surface area contributed by atoms with Crippen molar-refractivity contribution in [3.63, 3.8) is 0 Å². The number of hydrogen-bond donors (Lipinski definition) is 2. The summed E-state index contributed by atoms with van der Waals surface area (Å²) in [6.07, 6.45) is 7.61. The van der Waals surface area contributed by atoms with Crippen molar-refractivity contribution < 1.29 is 14.3 Å². The monoisotopic (exact) mass is 382 g/mol. The molecule has 2 amide bonds. The lowest BCUT2D eigenvalue weighted by Gasteiger charge is -2.35. The Hall–Kier alpha value is -3.20. The summed E-state index contributed by atoms with van der Waals surface area (Å²) in [5.74, 6) is -0.229. The Morgan fingerprint density at radius 3 is 3.11 bits per heavy atom. The SMILES string of the molecule is O=C(C[C@H]1COCCN1C(=O)c1cnn2ccccc12)NCCc1cnc[nH]1. The van der Waals surface area contributed by atoms with Crippen LogP contribution < -0.4 is 5.32 Å². The maximum absolute atomic E-state index is 13.1. The summed E-state index contributed by atoms with van der Waals surface area (Å²) in [7, 11) is 0. The zero-order valence-corrected chi connectivity index (χ0v) is 15.4. The summed E-state index contributed by atoms with van der Waals surface area (Å²) >= 11 is 0. The van der Waals surface area contributed by atoms with Gasteiger partial charge in [-0.25, -0.2) is 9.50 Å². The van der Waals surface area contributed by atoms with E-state index in [9.17, 15) is 9.59 Å². The van der Waals surface area contributed by atoms with Crippen LogP contribution in [0, 0.1) is 0 Å². The minimum Gasteiger partial charge on any atom is -0.377 e. The summed E-state index contributed by atoms with van der Waals surface area (Å²) in [6.45, 7) is 1.77. The number of amides is 2. The van der Waals surface area contributed by atoms with Crippen LogP contribution in [0.4, 0.5) is 0 Å². The van der Waals surface area contributed by atoms with Crippen LogP contribution >= 0.6 is 0 Å². The first-order valence-electron chi connectivity index (χ1n) is 9.27. The third-order valence-electron chi connectivity index (χ3n) is 4.84. The highest BCUT2D eigenvalue weighted by Gasteiger charge is 2.31. The Morgan fingerprint density at radius 1 is 1.32 bits per heavy atom. The number of carbonyl (C=O) groups excluding carboxylic acids is 2. The normalized spacial score (nSPS) is 17.0. The van der Waals surface area contributed by atoms with Crippen LogP contribution in [-0.2, 0) is 16.0 Å². The lowest BCUT2D eigenvalue weighted by Crippen LogP contribution is -2.50. The fraction of sp³-hybridized carbons (Fsp3) is 0.368. The molecule has 4 rings (SSSR count). The van der Waals surface area contributed by atoms with E-state index in [-0.39, 0.29) is 24.3 Å². The molecule has 1 aliphatic heterocycles. The van der Waals surface area contributed by atoms with Crippen LogP contribution in [0.25, 0.3) is 5.52 Å². The Labute approximate surface area is 161 Å². The summed E-state index contributed by atoms with van der Waals surface area (Å²) in [5, 5.41) is 7.13. The molecule has 2 N–H and O–H groups in total. The molecule has 9 nitrogen and oxygen atoms in total. The van der Waals surface area contributed by atoms with Crippen LogP contribution in [0.2, 0.25) is 0 Å². The summed E-state index contributed by atoms with van der Waals surface area (Å²) in [6, 6.07) is 5.29. The van der Waals surface area contributed by atoms with Gasteiger partial charge in [0.05, 0.1) is 42.9 Å². The van der Waals surface area contributed by atoms with Crippen LogP contribution in [0.5, 0.6) is 0 Å². The molecular weight excluding hydrogens is 360 g/mol. The van der Waals surface area contributed by atoms with Crippen molar-refractivity contribution >= 4 is 17.3 Å². The number of aromatic amines is 1. The molecule has 28 heavy (non-hydrogen) atoms. The van der Waals surface area contributed by atoms with E-state index in [2.05, 4.69) is 20.4 Å². The molecule has 0 aliphatic carbocycles. The lowest BCUT2D eigenvalue weighted by atomic mass is 10.1. The number of rotatable bonds is 6. The molecule has 1 atom stereocenters. The molecule has 0 aromatic carbocycles. The predicted octanol–water partition coefficient (Wildman–Crippen LogP) is 0.647. The molecule has 146 valence electrons. The number of morpholine rings is 1. The van der Waals surface area contributed by atoms with E-state index >= 15 is 0 Å². The van der Waals surface area contributed by atoms with Gasteiger partial charge in [-0.05, 0) is 12.1 Å². The second-order valence-corrected chi connectivity index (χ2v) is 6.70. The van der Waals surface area contributed by atoms with Crippen LogP contribution in [0.3, 0.4) is 0 Å². The number of ether oxygens (including phenoxy) is 1. The second kappa shape index (κ2) is 8.22. The van der Waals surface area contributed by atoms with Crippen molar-refractivity contribution in [2.75, 3.05) is 26.3 Å². The molecule has 0 saturated carbocycles. The Balaban J connectivity index is 1.39. The van der Waals surface area contributed by atoms with E-state index in [0.29, 0.717) is 38.3 Å². The van der Waals surface area contributed by atoms with Crippen molar-refractivity contribution in [1.82, 2.24) is 29.8 Å². The zero-order valence-electron chi connectivity index (χ0n) is 15.4. The third kappa shape index (κ3) is 3.89. The number of carbonyl (C=O) groups is 2. The number of H-pyrrole nitrogens is 1. The molecule has 1 saturated heterocycles. The molecule has 1 fully saturated rings. The van der Waals surface area contributed by atoms with E-state index in [1.54, 1.807) is 34.3 Å². The molecule has 4 heterocycles. The summed E-state index contributed by atoms with van der Waals surface area (Å²) < 4.78 is 7.20. The number of imidazole rings is 1. The van der Waals surface area contributed by atoms with E-state index in [4.69, 9.17) is 4.74 Å². The number of pyridine rings is 1. The second-order valence-electron chi connectivity index (χ2n) is 6.70. The number of hydrogen-bond acceptors (Lipinski definition) is 5. The fourth-order valence-corrected chi connectivity index (χ4v) is 3.39. The van der Waals surface area contributed by atoms with Crippen molar-refractivity contribution in [2.24, 2.45) is 0 Å². The smallest absolute Gasteiger partial charge is 0.258 e. The fourth-order valence-electron chi connectivity index (χ4n) is 3.39. The molecule has 0 radical (unpaired) electrons. The van der Waals surface area contributed by atoms with Gasteiger partial charge in [0.1, 0.15) is 0 Å². The number of aromatic nitrogens is 4. The van der Waals surface area contributed by atoms with Crippen molar-refractivity contribution in [2.45, 2.75) is 18.9 Å². The van der Waals surface area contributed by atoms with Crippen LogP contribution in [0.15, 0.2) is 43.1 Å². The van der Waals surface area contributed by atoms with Gasteiger partial charge >= 0.3 is 0 Å². The molecule has 9 heteroatoms. The molecule has 3 aromatic rings. The first-order valence-corrected chi connectivity index (χ1v) is 9.27. The van der Waals surface area contributed by atoms with Gasteiger partial charge in [-0.2, -0.15) is 5.10 Å².